The van der Waals surface area contributed by atoms with Crippen LogP contribution in [0.4, 0.5) is 0 Å². The van der Waals surface area contributed by atoms with Gasteiger partial charge >= 0.3 is 5.97 Å². The SMILES string of the molecule is COc1cccc(S(=O)(=O)C(CCN)C(=O)O)c1. The fraction of sp³-hybridized carbons (Fsp3) is 0.364. The van der Waals surface area contributed by atoms with E-state index >= 15 is 0 Å². The van der Waals surface area contributed by atoms with Crippen molar-refractivity contribution >= 4 is 15.8 Å². The predicted molar refractivity (Wildman–Crippen MR) is 65.3 cm³/mol. The van der Waals surface area contributed by atoms with E-state index in [0.29, 0.717) is 5.75 Å². The Labute approximate surface area is 105 Å². The number of aliphatic carboxylic acids is 1. The molecule has 0 spiro atoms. The molecule has 1 unspecified atom stereocenters. The first-order valence-corrected chi connectivity index (χ1v) is 6.79. The van der Waals surface area contributed by atoms with Crippen LogP contribution >= 0.6 is 0 Å². The number of nitrogens with two attached hydrogens (primary N) is 1. The average molecular weight is 273 g/mol. The zero-order valence-electron chi connectivity index (χ0n) is 9.87. The van der Waals surface area contributed by atoms with Gasteiger partial charge in [-0.2, -0.15) is 0 Å². The minimum atomic E-state index is -3.95. The van der Waals surface area contributed by atoms with Gasteiger partial charge in [-0.1, -0.05) is 6.07 Å². The Morgan fingerprint density at radius 2 is 2.17 bits per heavy atom. The minimum absolute atomic E-state index is 0.0137. The molecule has 18 heavy (non-hydrogen) atoms. The van der Waals surface area contributed by atoms with E-state index in [9.17, 15) is 13.2 Å². The highest BCUT2D eigenvalue weighted by Crippen LogP contribution is 2.22. The van der Waals surface area contributed by atoms with Crippen molar-refractivity contribution in [3.63, 3.8) is 0 Å². The normalized spacial score (nSPS) is 13.0. The Kier molecular flexibility index (Phi) is 4.69. The van der Waals surface area contributed by atoms with Crippen molar-refractivity contribution in [2.45, 2.75) is 16.6 Å². The highest BCUT2D eigenvalue weighted by Gasteiger charge is 2.33. The van der Waals surface area contributed by atoms with Gasteiger partial charge in [0, 0.05) is 0 Å². The van der Waals surface area contributed by atoms with Crippen LogP contribution in [0.1, 0.15) is 6.42 Å². The highest BCUT2D eigenvalue weighted by molar-refractivity contribution is 7.92. The molecule has 1 aromatic carbocycles. The van der Waals surface area contributed by atoms with Crippen LogP contribution in [0.2, 0.25) is 0 Å². The van der Waals surface area contributed by atoms with Crippen LogP contribution in [0.3, 0.4) is 0 Å². The lowest BCUT2D eigenvalue weighted by molar-refractivity contribution is -0.136. The van der Waals surface area contributed by atoms with Gasteiger partial charge in [-0.25, -0.2) is 8.42 Å². The zero-order chi connectivity index (χ0) is 13.8. The van der Waals surface area contributed by atoms with Crippen molar-refractivity contribution in [1.82, 2.24) is 0 Å². The first-order chi connectivity index (χ1) is 8.43. The molecule has 0 amide bonds. The summed E-state index contributed by atoms with van der Waals surface area (Å²) >= 11 is 0. The third-order valence-corrected chi connectivity index (χ3v) is 4.55. The molecule has 0 aliphatic heterocycles. The first-order valence-electron chi connectivity index (χ1n) is 5.24. The molecule has 100 valence electrons. The second-order valence-electron chi connectivity index (χ2n) is 3.63. The molecule has 1 aromatic rings. The van der Waals surface area contributed by atoms with Crippen molar-refractivity contribution in [2.75, 3.05) is 13.7 Å². The van der Waals surface area contributed by atoms with E-state index in [-0.39, 0.29) is 17.9 Å². The second-order valence-corrected chi connectivity index (χ2v) is 5.76. The van der Waals surface area contributed by atoms with Crippen molar-refractivity contribution in [1.29, 1.82) is 0 Å². The second kappa shape index (κ2) is 5.83. The van der Waals surface area contributed by atoms with Gasteiger partial charge in [0.2, 0.25) is 0 Å². The molecule has 3 N–H and O–H groups in total. The number of methoxy groups -OCH3 is 1. The number of benzene rings is 1. The van der Waals surface area contributed by atoms with Gasteiger partial charge in [-0.3, -0.25) is 4.79 Å². The van der Waals surface area contributed by atoms with Gasteiger partial charge in [0.15, 0.2) is 15.1 Å². The number of carboxylic acid groups (broad SMARTS) is 1. The summed E-state index contributed by atoms with van der Waals surface area (Å²) in [6.45, 7) is -0.0137. The Morgan fingerprint density at radius 3 is 2.67 bits per heavy atom. The molecule has 0 fully saturated rings. The van der Waals surface area contributed by atoms with Crippen LogP contribution in [0.25, 0.3) is 0 Å². The minimum Gasteiger partial charge on any atom is -0.497 e. The summed E-state index contributed by atoms with van der Waals surface area (Å²) < 4.78 is 29.2. The molecule has 0 aromatic heterocycles. The Balaban J connectivity index is 3.21. The molecule has 1 atom stereocenters. The van der Waals surface area contributed by atoms with E-state index in [1.807, 2.05) is 0 Å². The maximum Gasteiger partial charge on any atom is 0.322 e. The molecular formula is C11H15NO5S. The van der Waals surface area contributed by atoms with Gasteiger partial charge in [0.25, 0.3) is 0 Å². The van der Waals surface area contributed by atoms with Crippen LogP contribution in [-0.4, -0.2) is 38.4 Å². The molecule has 0 aliphatic carbocycles. The first kappa shape index (κ1) is 14.5. The summed E-state index contributed by atoms with van der Waals surface area (Å²) in [5.41, 5.74) is 5.25. The molecule has 0 aliphatic rings. The van der Waals surface area contributed by atoms with Crippen molar-refractivity contribution in [3.05, 3.63) is 24.3 Å². The van der Waals surface area contributed by atoms with Gasteiger partial charge in [0.1, 0.15) is 5.75 Å². The Hall–Kier alpha value is -1.60. The van der Waals surface area contributed by atoms with E-state index in [0.717, 1.165) is 0 Å². The number of ether oxygens (including phenoxy) is 1. The Bertz CT molecular complexity index is 526. The fourth-order valence-corrected chi connectivity index (χ4v) is 3.09. The lowest BCUT2D eigenvalue weighted by atomic mass is 10.3. The van der Waals surface area contributed by atoms with E-state index in [4.69, 9.17) is 15.6 Å². The van der Waals surface area contributed by atoms with Crippen molar-refractivity contribution < 1.29 is 23.1 Å². The van der Waals surface area contributed by atoms with E-state index in [2.05, 4.69) is 0 Å². The predicted octanol–water partition coefficient (Wildman–Crippen LogP) is 0.271. The standard InChI is InChI=1S/C11H15NO5S/c1-17-8-3-2-4-9(7-8)18(15,16)10(5-6-12)11(13)14/h2-4,7,10H,5-6,12H2,1H3,(H,13,14). The molecule has 0 radical (unpaired) electrons. The third-order valence-electron chi connectivity index (χ3n) is 2.45. The topological polar surface area (TPSA) is 107 Å². The number of hydrogen-bond donors (Lipinski definition) is 2. The lowest BCUT2D eigenvalue weighted by Gasteiger charge is -2.13. The van der Waals surface area contributed by atoms with Crippen LogP contribution < -0.4 is 10.5 Å². The summed E-state index contributed by atoms with van der Waals surface area (Å²) in [6, 6.07) is 5.71. The quantitative estimate of drug-likeness (QED) is 0.770. The van der Waals surface area contributed by atoms with Crippen molar-refractivity contribution in [3.8, 4) is 5.75 Å². The summed E-state index contributed by atoms with van der Waals surface area (Å²) in [5.74, 6) is -1.05. The Morgan fingerprint density at radius 1 is 1.50 bits per heavy atom. The number of hydrogen-bond acceptors (Lipinski definition) is 5. The molecular weight excluding hydrogens is 258 g/mol. The van der Waals surface area contributed by atoms with Crippen LogP contribution in [0, 0.1) is 0 Å². The van der Waals surface area contributed by atoms with E-state index < -0.39 is 21.1 Å². The third kappa shape index (κ3) is 2.99. The van der Waals surface area contributed by atoms with Gasteiger partial charge in [-0.05, 0) is 31.2 Å². The summed E-state index contributed by atoms with van der Waals surface area (Å²) in [6.07, 6.45) is -0.130. The molecule has 7 heteroatoms. The largest absolute Gasteiger partial charge is 0.497 e. The highest BCUT2D eigenvalue weighted by atomic mass is 32.2. The fourth-order valence-electron chi connectivity index (χ4n) is 1.51. The lowest BCUT2D eigenvalue weighted by Crippen LogP contribution is -2.32. The summed E-state index contributed by atoms with van der Waals surface area (Å²) in [5, 5.41) is 7.43. The number of carboxylic acids is 1. The zero-order valence-corrected chi connectivity index (χ0v) is 10.7. The molecule has 0 heterocycles. The van der Waals surface area contributed by atoms with Crippen LogP contribution in [0.5, 0.6) is 5.75 Å². The number of rotatable bonds is 6. The maximum absolute atomic E-state index is 12.1. The van der Waals surface area contributed by atoms with Crippen LogP contribution in [0.15, 0.2) is 29.2 Å². The average Bonchev–Trinajstić information content (AvgIpc) is 2.35. The van der Waals surface area contributed by atoms with E-state index in [1.54, 1.807) is 6.07 Å². The summed E-state index contributed by atoms with van der Waals surface area (Å²) in [7, 11) is -2.55. The molecule has 1 rings (SSSR count). The van der Waals surface area contributed by atoms with E-state index in [1.165, 1.54) is 25.3 Å². The molecule has 6 nitrogen and oxygen atoms in total. The maximum atomic E-state index is 12.1. The number of carbonyl (C=O) groups is 1. The van der Waals surface area contributed by atoms with Crippen LogP contribution in [-0.2, 0) is 14.6 Å². The van der Waals surface area contributed by atoms with Gasteiger partial charge in [-0.15, -0.1) is 0 Å². The molecule has 0 bridgehead atoms. The van der Waals surface area contributed by atoms with Crippen molar-refractivity contribution in [2.24, 2.45) is 5.73 Å². The van der Waals surface area contributed by atoms with Gasteiger partial charge in [0.05, 0.1) is 12.0 Å². The van der Waals surface area contributed by atoms with Gasteiger partial charge < -0.3 is 15.6 Å². The molecule has 0 saturated heterocycles. The summed E-state index contributed by atoms with van der Waals surface area (Å²) in [4.78, 5) is 10.9. The monoisotopic (exact) mass is 273 g/mol. The smallest absolute Gasteiger partial charge is 0.322 e. The molecule has 0 saturated carbocycles. The number of sulfone groups is 1.